The highest BCUT2D eigenvalue weighted by atomic mass is 32.2. The number of rotatable bonds is 3. The van der Waals surface area contributed by atoms with Gasteiger partial charge in [-0.25, -0.2) is 0 Å². The lowest BCUT2D eigenvalue weighted by molar-refractivity contribution is 0.0987. The Morgan fingerprint density at radius 3 is 2.56 bits per heavy atom. The van der Waals surface area contributed by atoms with E-state index in [4.69, 9.17) is 0 Å². The molecule has 1 heterocycles. The molecular weight excluding hydrogens is 334 g/mol. The first-order valence-electron chi connectivity index (χ1n) is 7.99. The number of hydrogen-bond acceptors (Lipinski definition) is 4. The summed E-state index contributed by atoms with van der Waals surface area (Å²) >= 11 is 1.29. The van der Waals surface area contributed by atoms with Gasteiger partial charge in [0.05, 0.1) is 10.5 Å². The number of phenols is 1. The molecular formula is C20H15NO3S. The van der Waals surface area contributed by atoms with Gasteiger partial charge in [0.25, 0.3) is 0 Å². The molecule has 1 aromatic heterocycles. The monoisotopic (exact) mass is 349 g/mol. The number of aromatic nitrogens is 1. The molecule has 5 heteroatoms. The number of carbonyl (C=O) groups excluding carboxylic acids is 2. The minimum absolute atomic E-state index is 0.0793. The Morgan fingerprint density at radius 1 is 1.08 bits per heavy atom. The van der Waals surface area contributed by atoms with Crippen molar-refractivity contribution in [1.82, 2.24) is 4.57 Å². The van der Waals surface area contributed by atoms with Gasteiger partial charge >= 0.3 is 0 Å². The topological polar surface area (TPSA) is 59.3 Å². The zero-order chi connectivity index (χ0) is 17.6. The predicted octanol–water partition coefficient (Wildman–Crippen LogP) is 4.42. The molecule has 4 nitrogen and oxygen atoms in total. The Bertz CT molecular complexity index is 1050. The third-order valence-corrected chi connectivity index (χ3v) is 5.31. The van der Waals surface area contributed by atoms with Gasteiger partial charge in [-0.15, -0.1) is 0 Å². The maximum Gasteiger partial charge on any atom is 0.204 e. The fourth-order valence-electron chi connectivity index (χ4n) is 3.22. The normalized spacial score (nSPS) is 13.9. The zero-order valence-corrected chi connectivity index (χ0v) is 14.3. The maximum absolute atomic E-state index is 13.1. The van der Waals surface area contributed by atoms with Crippen LogP contribution in [0.15, 0.2) is 64.4 Å². The smallest absolute Gasteiger partial charge is 0.204 e. The second-order valence-corrected chi connectivity index (χ2v) is 6.90. The van der Waals surface area contributed by atoms with Crippen LogP contribution in [0.1, 0.15) is 27.8 Å². The van der Waals surface area contributed by atoms with E-state index in [1.165, 1.54) is 17.8 Å². The summed E-state index contributed by atoms with van der Waals surface area (Å²) in [4.78, 5) is 27.1. The van der Waals surface area contributed by atoms with Gasteiger partial charge < -0.3 is 9.67 Å². The van der Waals surface area contributed by atoms with Gasteiger partial charge in [-0.2, -0.15) is 0 Å². The van der Waals surface area contributed by atoms with Crippen LogP contribution < -0.4 is 0 Å². The van der Waals surface area contributed by atoms with Crippen molar-refractivity contribution in [2.24, 2.45) is 0 Å². The van der Waals surface area contributed by atoms with Crippen LogP contribution in [0, 0.1) is 0 Å². The number of hydrogen-bond donors (Lipinski definition) is 1. The number of thioether (sulfide) groups is 1. The largest absolute Gasteiger partial charge is 0.508 e. The van der Waals surface area contributed by atoms with E-state index in [2.05, 4.69) is 0 Å². The van der Waals surface area contributed by atoms with E-state index >= 15 is 0 Å². The van der Waals surface area contributed by atoms with E-state index in [0.717, 1.165) is 10.4 Å². The molecule has 0 fully saturated rings. The number of fused-ring (bicyclic) bond motifs is 3. The highest BCUT2D eigenvalue weighted by molar-refractivity contribution is 8.04. The third-order valence-electron chi connectivity index (χ3n) is 4.28. The number of ketones is 2. The molecule has 4 rings (SSSR count). The van der Waals surface area contributed by atoms with Crippen molar-refractivity contribution in [1.29, 1.82) is 0 Å². The summed E-state index contributed by atoms with van der Waals surface area (Å²) in [6, 6.07) is 14.4. The summed E-state index contributed by atoms with van der Waals surface area (Å²) in [5.41, 5.74) is 1.58. The highest BCUT2D eigenvalue weighted by Crippen LogP contribution is 2.38. The zero-order valence-electron chi connectivity index (χ0n) is 13.5. The molecule has 0 saturated heterocycles. The molecule has 0 aliphatic heterocycles. The summed E-state index contributed by atoms with van der Waals surface area (Å²) in [6.07, 6.45) is 1.42. The van der Waals surface area contributed by atoms with E-state index in [9.17, 15) is 14.7 Å². The van der Waals surface area contributed by atoms with Crippen molar-refractivity contribution in [2.75, 3.05) is 0 Å². The molecule has 0 unspecified atom stereocenters. The number of allylic oxidation sites excluding steroid dienone is 2. The molecule has 0 bridgehead atoms. The van der Waals surface area contributed by atoms with Crippen molar-refractivity contribution in [3.63, 3.8) is 0 Å². The van der Waals surface area contributed by atoms with Gasteiger partial charge in [-0.05, 0) is 37.3 Å². The third kappa shape index (κ3) is 2.48. The van der Waals surface area contributed by atoms with Crippen LogP contribution in [-0.4, -0.2) is 21.2 Å². The van der Waals surface area contributed by atoms with Crippen LogP contribution in [0.2, 0.25) is 0 Å². The fraction of sp³-hybridized carbons (Fsp3) is 0.100. The minimum atomic E-state index is -0.175. The van der Waals surface area contributed by atoms with Gasteiger partial charge in [0.1, 0.15) is 11.4 Å². The van der Waals surface area contributed by atoms with Crippen molar-refractivity contribution in [2.45, 2.75) is 18.4 Å². The van der Waals surface area contributed by atoms with Crippen LogP contribution >= 0.6 is 11.8 Å². The summed E-state index contributed by atoms with van der Waals surface area (Å²) in [5, 5.41) is 10.5. The Labute approximate surface area is 148 Å². The van der Waals surface area contributed by atoms with E-state index in [0.29, 0.717) is 28.1 Å². The summed E-state index contributed by atoms with van der Waals surface area (Å²) < 4.78 is 1.84. The number of aromatic hydroxyl groups is 1. The number of benzene rings is 2. The summed E-state index contributed by atoms with van der Waals surface area (Å²) in [5.74, 6) is -0.271. The predicted molar refractivity (Wildman–Crippen MR) is 98.3 cm³/mol. The van der Waals surface area contributed by atoms with Crippen molar-refractivity contribution in [3.05, 3.63) is 70.8 Å². The summed E-state index contributed by atoms with van der Waals surface area (Å²) in [7, 11) is 0. The molecule has 124 valence electrons. The standard InChI is InChI=1S/C20H15NO3S/c1-2-21-15-9-8-12(22)10-14(15)18-19(21)16(23)11-17(20(18)24)25-13-6-4-3-5-7-13/h3-11,22H,2H2,1H3. The van der Waals surface area contributed by atoms with Crippen LogP contribution in [0.5, 0.6) is 5.75 Å². The maximum atomic E-state index is 13.1. The second-order valence-electron chi connectivity index (χ2n) is 5.79. The lowest BCUT2D eigenvalue weighted by atomic mass is 9.98. The molecule has 0 saturated carbocycles. The van der Waals surface area contributed by atoms with Crippen molar-refractivity contribution >= 4 is 34.2 Å². The van der Waals surface area contributed by atoms with E-state index in [1.807, 2.05) is 41.8 Å². The SMILES string of the molecule is CCn1c2c(c3cc(O)ccc31)C(=O)C(Sc1ccccc1)=CC2=O. The molecule has 1 aliphatic rings. The lowest BCUT2D eigenvalue weighted by Gasteiger charge is -2.14. The van der Waals surface area contributed by atoms with Crippen LogP contribution in [-0.2, 0) is 6.54 Å². The Morgan fingerprint density at radius 2 is 1.84 bits per heavy atom. The average Bonchev–Trinajstić information content (AvgIpc) is 2.94. The number of phenolic OH excluding ortho intramolecular Hbond substituents is 1. The molecule has 0 spiro atoms. The van der Waals surface area contributed by atoms with Crippen molar-refractivity contribution < 1.29 is 14.7 Å². The first-order chi connectivity index (χ1) is 12.1. The first kappa shape index (κ1) is 15.7. The Balaban J connectivity index is 1.89. The summed E-state index contributed by atoms with van der Waals surface area (Å²) in [6.45, 7) is 2.51. The van der Waals surface area contributed by atoms with E-state index in [1.54, 1.807) is 18.2 Å². The van der Waals surface area contributed by atoms with Gasteiger partial charge in [0, 0.05) is 28.4 Å². The fourth-order valence-corrected chi connectivity index (χ4v) is 4.13. The Hall–Kier alpha value is -2.79. The minimum Gasteiger partial charge on any atom is -0.508 e. The van der Waals surface area contributed by atoms with Crippen molar-refractivity contribution in [3.8, 4) is 5.75 Å². The number of Topliss-reactive ketones (excluding diaryl/α,β-unsaturated/α-hetero) is 1. The molecule has 1 aliphatic carbocycles. The number of aryl methyl sites for hydroxylation is 1. The molecule has 0 atom stereocenters. The number of nitrogens with zero attached hydrogens (tertiary/aromatic N) is 1. The lowest BCUT2D eigenvalue weighted by Crippen LogP contribution is -2.18. The van der Waals surface area contributed by atoms with Crippen LogP contribution in [0.3, 0.4) is 0 Å². The quantitative estimate of drug-likeness (QED) is 0.760. The molecule has 2 aromatic carbocycles. The molecule has 0 amide bonds. The van der Waals surface area contributed by atoms with Gasteiger partial charge in [0.2, 0.25) is 11.6 Å². The highest BCUT2D eigenvalue weighted by Gasteiger charge is 2.32. The second kappa shape index (κ2) is 5.93. The molecule has 3 aromatic rings. The van der Waals surface area contributed by atoms with Crippen LogP contribution in [0.25, 0.3) is 10.9 Å². The van der Waals surface area contributed by atoms with Gasteiger partial charge in [-0.1, -0.05) is 30.0 Å². The van der Waals surface area contributed by atoms with Gasteiger partial charge in [0.15, 0.2) is 0 Å². The molecule has 1 N–H and O–H groups in total. The van der Waals surface area contributed by atoms with E-state index in [-0.39, 0.29) is 17.3 Å². The van der Waals surface area contributed by atoms with Crippen LogP contribution in [0.4, 0.5) is 0 Å². The van der Waals surface area contributed by atoms with E-state index < -0.39 is 0 Å². The average molecular weight is 349 g/mol. The number of carbonyl (C=O) groups is 2. The molecule has 0 radical (unpaired) electrons. The Kier molecular flexibility index (Phi) is 3.73. The van der Waals surface area contributed by atoms with Gasteiger partial charge in [-0.3, -0.25) is 9.59 Å². The first-order valence-corrected chi connectivity index (χ1v) is 8.80. The molecule has 25 heavy (non-hydrogen) atoms.